The van der Waals surface area contributed by atoms with Crippen molar-refractivity contribution in [3.63, 3.8) is 0 Å². The number of carbonyl (C=O) groups excluding carboxylic acids is 1. The number of rotatable bonds is 4. The van der Waals surface area contributed by atoms with E-state index >= 15 is 0 Å². The maximum absolute atomic E-state index is 12.2. The second-order valence-corrected chi connectivity index (χ2v) is 6.53. The fourth-order valence-electron chi connectivity index (χ4n) is 3.35. The fourth-order valence-corrected chi connectivity index (χ4v) is 3.35. The lowest BCUT2D eigenvalue weighted by Gasteiger charge is -2.21. The van der Waals surface area contributed by atoms with Gasteiger partial charge in [0.2, 0.25) is 5.91 Å². The number of nitrogens with one attached hydrogen (secondary N) is 2. The van der Waals surface area contributed by atoms with E-state index in [0.29, 0.717) is 6.54 Å². The summed E-state index contributed by atoms with van der Waals surface area (Å²) in [6, 6.07) is 16.3. The van der Waals surface area contributed by atoms with Crippen molar-refractivity contribution in [2.24, 2.45) is 5.92 Å². The maximum atomic E-state index is 12.2. The van der Waals surface area contributed by atoms with Crippen molar-refractivity contribution in [3.05, 3.63) is 60.4 Å². The lowest BCUT2D eigenvalue weighted by atomic mass is 9.99. The van der Waals surface area contributed by atoms with Gasteiger partial charge in [-0.15, -0.1) is 0 Å². The summed E-state index contributed by atoms with van der Waals surface area (Å²) in [6.07, 6.45) is 3.90. The molecule has 5 heteroatoms. The van der Waals surface area contributed by atoms with Crippen LogP contribution in [0.15, 0.2) is 54.9 Å². The minimum absolute atomic E-state index is 0.102. The predicted molar refractivity (Wildman–Crippen MR) is 98.5 cm³/mol. The van der Waals surface area contributed by atoms with Gasteiger partial charge in [-0.25, -0.2) is 4.98 Å². The zero-order valence-electron chi connectivity index (χ0n) is 14.1. The minimum Gasteiger partial charge on any atom is -0.352 e. The van der Waals surface area contributed by atoms with Gasteiger partial charge in [0, 0.05) is 18.8 Å². The number of aromatic nitrogens is 2. The molecule has 1 saturated heterocycles. The molecule has 0 radical (unpaired) electrons. The van der Waals surface area contributed by atoms with Crippen molar-refractivity contribution >= 4 is 16.9 Å². The van der Waals surface area contributed by atoms with Gasteiger partial charge >= 0.3 is 0 Å². The molecule has 128 valence electrons. The Morgan fingerprint density at radius 2 is 2.04 bits per heavy atom. The maximum Gasteiger partial charge on any atom is 0.224 e. The summed E-state index contributed by atoms with van der Waals surface area (Å²) in [5, 5.41) is 6.34. The van der Waals surface area contributed by atoms with Gasteiger partial charge in [0.1, 0.15) is 6.33 Å². The predicted octanol–water partition coefficient (Wildman–Crippen LogP) is 2.64. The van der Waals surface area contributed by atoms with E-state index in [-0.39, 0.29) is 11.8 Å². The van der Waals surface area contributed by atoms with Crippen LogP contribution in [0.25, 0.3) is 16.7 Å². The third-order valence-electron chi connectivity index (χ3n) is 4.80. The second-order valence-electron chi connectivity index (χ2n) is 6.53. The molecule has 2 aromatic carbocycles. The molecule has 1 aliphatic rings. The molecular weight excluding hydrogens is 312 g/mol. The van der Waals surface area contributed by atoms with Crippen molar-refractivity contribution in [2.75, 3.05) is 13.1 Å². The van der Waals surface area contributed by atoms with Crippen LogP contribution in [-0.4, -0.2) is 28.5 Å². The third-order valence-corrected chi connectivity index (χ3v) is 4.80. The van der Waals surface area contributed by atoms with Gasteiger partial charge in [0.05, 0.1) is 17.0 Å². The average Bonchev–Trinajstić information content (AvgIpc) is 3.11. The fraction of sp³-hybridized carbons (Fsp3) is 0.300. The molecule has 1 fully saturated rings. The molecule has 5 nitrogen and oxygen atoms in total. The zero-order valence-corrected chi connectivity index (χ0v) is 14.1. The highest BCUT2D eigenvalue weighted by atomic mass is 16.1. The molecule has 1 unspecified atom stereocenters. The van der Waals surface area contributed by atoms with Crippen molar-refractivity contribution in [1.29, 1.82) is 0 Å². The van der Waals surface area contributed by atoms with Crippen LogP contribution in [0.3, 0.4) is 0 Å². The van der Waals surface area contributed by atoms with Crippen LogP contribution in [0.1, 0.15) is 18.4 Å². The number of amides is 1. The highest BCUT2D eigenvalue weighted by Crippen LogP contribution is 2.18. The van der Waals surface area contributed by atoms with Crippen LogP contribution in [0.4, 0.5) is 0 Å². The second kappa shape index (κ2) is 7.07. The molecule has 2 heterocycles. The lowest BCUT2D eigenvalue weighted by molar-refractivity contribution is -0.125. The van der Waals surface area contributed by atoms with Gasteiger partial charge in [-0.2, -0.15) is 0 Å². The monoisotopic (exact) mass is 334 g/mol. The number of carbonyl (C=O) groups is 1. The Hall–Kier alpha value is -2.66. The first-order valence-electron chi connectivity index (χ1n) is 8.81. The quantitative estimate of drug-likeness (QED) is 0.771. The number of benzene rings is 2. The Kier molecular flexibility index (Phi) is 4.48. The molecule has 1 amide bonds. The van der Waals surface area contributed by atoms with E-state index in [1.807, 2.05) is 24.5 Å². The van der Waals surface area contributed by atoms with Gasteiger partial charge in [-0.3, -0.25) is 9.36 Å². The summed E-state index contributed by atoms with van der Waals surface area (Å²) in [5.74, 6) is 0.252. The Labute approximate surface area is 147 Å². The molecule has 25 heavy (non-hydrogen) atoms. The molecule has 1 atom stereocenters. The Balaban J connectivity index is 1.42. The number of hydrogen-bond donors (Lipinski definition) is 2. The van der Waals surface area contributed by atoms with E-state index in [1.165, 1.54) is 0 Å². The summed E-state index contributed by atoms with van der Waals surface area (Å²) >= 11 is 0. The van der Waals surface area contributed by atoms with Crippen LogP contribution in [-0.2, 0) is 11.3 Å². The molecule has 4 rings (SSSR count). The van der Waals surface area contributed by atoms with E-state index in [4.69, 9.17) is 0 Å². The number of para-hydroxylation sites is 2. The molecule has 1 aromatic heterocycles. The van der Waals surface area contributed by atoms with Gasteiger partial charge < -0.3 is 10.6 Å². The summed E-state index contributed by atoms with van der Waals surface area (Å²) in [4.78, 5) is 16.6. The van der Waals surface area contributed by atoms with E-state index < -0.39 is 0 Å². The SMILES string of the molecule is O=C(NCc1ccc(-n2cnc3ccccc32)cc1)C1CCCNC1. The van der Waals surface area contributed by atoms with Crippen LogP contribution >= 0.6 is 0 Å². The largest absolute Gasteiger partial charge is 0.352 e. The zero-order chi connectivity index (χ0) is 17.1. The third kappa shape index (κ3) is 3.42. The summed E-state index contributed by atoms with van der Waals surface area (Å²) in [6.45, 7) is 2.38. The van der Waals surface area contributed by atoms with Crippen LogP contribution in [0, 0.1) is 5.92 Å². The minimum atomic E-state index is 0.102. The Morgan fingerprint density at radius 1 is 1.20 bits per heavy atom. The van der Waals surface area contributed by atoms with E-state index in [0.717, 1.165) is 48.2 Å². The number of nitrogens with zero attached hydrogens (tertiary/aromatic N) is 2. The van der Waals surface area contributed by atoms with Gasteiger partial charge in [0.15, 0.2) is 0 Å². The van der Waals surface area contributed by atoms with Crippen molar-refractivity contribution in [2.45, 2.75) is 19.4 Å². The molecule has 2 N–H and O–H groups in total. The number of hydrogen-bond acceptors (Lipinski definition) is 3. The topological polar surface area (TPSA) is 59.0 Å². The van der Waals surface area contributed by atoms with E-state index in [1.54, 1.807) is 0 Å². The van der Waals surface area contributed by atoms with Gasteiger partial charge in [-0.1, -0.05) is 24.3 Å². The highest BCUT2D eigenvalue weighted by molar-refractivity contribution is 5.79. The molecule has 0 aliphatic carbocycles. The first-order chi connectivity index (χ1) is 12.3. The molecular formula is C20H22N4O. The van der Waals surface area contributed by atoms with E-state index in [2.05, 4.69) is 50.5 Å². The van der Waals surface area contributed by atoms with Crippen molar-refractivity contribution in [1.82, 2.24) is 20.2 Å². The van der Waals surface area contributed by atoms with Crippen LogP contribution < -0.4 is 10.6 Å². The summed E-state index contributed by atoms with van der Waals surface area (Å²) < 4.78 is 2.07. The van der Waals surface area contributed by atoms with Crippen LogP contribution in [0.5, 0.6) is 0 Å². The first kappa shape index (κ1) is 15.8. The van der Waals surface area contributed by atoms with Gasteiger partial charge in [0.25, 0.3) is 0 Å². The number of fused-ring (bicyclic) bond motifs is 1. The highest BCUT2D eigenvalue weighted by Gasteiger charge is 2.20. The average molecular weight is 334 g/mol. The van der Waals surface area contributed by atoms with Crippen LogP contribution in [0.2, 0.25) is 0 Å². The number of imidazole rings is 1. The van der Waals surface area contributed by atoms with Crippen molar-refractivity contribution < 1.29 is 4.79 Å². The Bertz CT molecular complexity index is 863. The lowest BCUT2D eigenvalue weighted by Crippen LogP contribution is -2.40. The normalized spacial score (nSPS) is 17.5. The Morgan fingerprint density at radius 3 is 2.84 bits per heavy atom. The summed E-state index contributed by atoms with van der Waals surface area (Å²) in [5.41, 5.74) is 4.25. The van der Waals surface area contributed by atoms with E-state index in [9.17, 15) is 4.79 Å². The molecule has 1 aliphatic heterocycles. The molecule has 0 bridgehead atoms. The smallest absolute Gasteiger partial charge is 0.224 e. The molecule has 0 saturated carbocycles. The summed E-state index contributed by atoms with van der Waals surface area (Å²) in [7, 11) is 0. The van der Waals surface area contributed by atoms with Gasteiger partial charge in [-0.05, 0) is 49.2 Å². The first-order valence-corrected chi connectivity index (χ1v) is 8.81. The standard InChI is InChI=1S/C20H22N4O/c25-20(16-4-3-11-21-13-16)22-12-15-7-9-17(10-8-15)24-14-23-18-5-1-2-6-19(18)24/h1-2,5-10,14,16,21H,3-4,11-13H2,(H,22,25). The molecule has 3 aromatic rings. The van der Waals surface area contributed by atoms with Crippen molar-refractivity contribution in [3.8, 4) is 5.69 Å². The number of piperidine rings is 1. The molecule has 0 spiro atoms.